The smallest absolute Gasteiger partial charge is 0.429 e. The fraction of sp³-hybridized carbons (Fsp3) is 0.135. The van der Waals surface area contributed by atoms with Crippen LogP contribution >= 0.6 is 11.6 Å². The highest BCUT2D eigenvalue weighted by atomic mass is 35.5. The molecule has 0 aliphatic carbocycles. The van der Waals surface area contributed by atoms with E-state index in [1.165, 1.54) is 12.1 Å². The van der Waals surface area contributed by atoms with Crippen LogP contribution in [0.1, 0.15) is 24.5 Å². The molecule has 16 heteroatoms. The van der Waals surface area contributed by atoms with Crippen molar-refractivity contribution in [3.05, 3.63) is 142 Å². The van der Waals surface area contributed by atoms with Crippen LogP contribution in [0.4, 0.5) is 57.1 Å². The van der Waals surface area contributed by atoms with Gasteiger partial charge in [0.25, 0.3) is 0 Å². The molecule has 0 fully saturated rings. The molecule has 2 nitrogen and oxygen atoms in total. The number of rotatable bonds is 10. The van der Waals surface area contributed by atoms with Gasteiger partial charge >= 0.3 is 12.5 Å². The molecule has 0 N–H and O–H groups in total. The largest absolute Gasteiger partial charge is 0.573 e. The molecule has 278 valence electrons. The Balaban J connectivity index is 1.42. The Morgan fingerprint density at radius 1 is 0.585 bits per heavy atom. The van der Waals surface area contributed by atoms with Gasteiger partial charge in [-0.15, -0.1) is 13.2 Å². The van der Waals surface area contributed by atoms with E-state index >= 15 is 22.0 Å². The van der Waals surface area contributed by atoms with Crippen LogP contribution in [0, 0.1) is 46.5 Å². The SMILES string of the molecule is CC=CCCc1ccc(-c2cc(F)c(C(F)(F)Oc3cc(F)c(-c4cc(F)c(-c5cc(F)c(OC(F)(F)F)c(F)c5)c(Cl)c4)c(F)c3)c(F)c2)c(F)c1. The van der Waals surface area contributed by atoms with E-state index in [4.69, 9.17) is 11.6 Å². The molecule has 0 radical (unpaired) electrons. The number of allylic oxidation sites excluding steroid dienone is 2. The first-order valence-electron chi connectivity index (χ1n) is 15.0. The molecule has 0 saturated heterocycles. The molecule has 0 atom stereocenters. The molecule has 0 heterocycles. The van der Waals surface area contributed by atoms with Crippen molar-refractivity contribution in [1.29, 1.82) is 0 Å². The monoisotopic (exact) mass is 778 g/mol. The molecule has 5 aromatic rings. The Morgan fingerprint density at radius 3 is 1.64 bits per heavy atom. The maximum absolute atomic E-state index is 15.2. The standard InChI is InChI=1S/C37H20ClF13O2/c1-2-3-4-5-17-6-7-22(24(39)8-17)18-10-28(43)34(29(44)11-18)36(47,48)52-21-15-26(41)33(27(42)16-21)19-9-23(38)32(25(40)12-19)20-13-30(45)35(31(46)14-20)53-37(49,50)51/h2-3,6-16H,4-5H2,1H3. The summed E-state index contributed by atoms with van der Waals surface area (Å²) < 4.78 is 194. The lowest BCUT2D eigenvalue weighted by Crippen LogP contribution is -2.25. The normalized spacial score (nSPS) is 12.1. The van der Waals surface area contributed by atoms with E-state index in [0.29, 0.717) is 42.7 Å². The van der Waals surface area contributed by atoms with Gasteiger partial charge in [0.2, 0.25) is 5.75 Å². The van der Waals surface area contributed by atoms with Crippen LogP contribution in [0.2, 0.25) is 5.02 Å². The third-order valence-corrected chi connectivity index (χ3v) is 7.91. The van der Waals surface area contributed by atoms with Crippen molar-refractivity contribution in [2.75, 3.05) is 0 Å². The van der Waals surface area contributed by atoms with Crippen LogP contribution in [-0.4, -0.2) is 6.36 Å². The number of aryl methyl sites for hydroxylation is 1. The van der Waals surface area contributed by atoms with Gasteiger partial charge in [-0.25, -0.2) is 35.1 Å². The highest BCUT2D eigenvalue weighted by Crippen LogP contribution is 2.42. The van der Waals surface area contributed by atoms with Gasteiger partial charge in [0, 0.05) is 23.3 Å². The second-order valence-electron chi connectivity index (χ2n) is 11.2. The number of halogens is 14. The van der Waals surface area contributed by atoms with E-state index in [-0.39, 0.29) is 29.8 Å². The predicted octanol–water partition coefficient (Wildman–Crippen LogP) is 13.0. The third-order valence-electron chi connectivity index (χ3n) is 7.61. The average Bonchev–Trinajstić information content (AvgIpc) is 3.01. The Morgan fingerprint density at radius 2 is 1.11 bits per heavy atom. The molecule has 0 aromatic heterocycles. The van der Waals surface area contributed by atoms with Crippen LogP contribution in [0.15, 0.2) is 78.9 Å². The van der Waals surface area contributed by atoms with Crippen LogP contribution in [0.3, 0.4) is 0 Å². The topological polar surface area (TPSA) is 18.5 Å². The minimum absolute atomic E-state index is 0.174. The highest BCUT2D eigenvalue weighted by molar-refractivity contribution is 6.33. The number of hydrogen-bond donors (Lipinski definition) is 0. The van der Waals surface area contributed by atoms with Crippen molar-refractivity contribution < 1.29 is 66.5 Å². The Labute approximate surface area is 296 Å². The summed E-state index contributed by atoms with van der Waals surface area (Å²) in [6, 6.07) is 6.66. The van der Waals surface area contributed by atoms with Crippen LogP contribution < -0.4 is 9.47 Å². The van der Waals surface area contributed by atoms with Gasteiger partial charge in [0.1, 0.15) is 46.2 Å². The summed E-state index contributed by atoms with van der Waals surface area (Å²) in [5.41, 5.74) is -5.44. The number of benzene rings is 5. The first-order chi connectivity index (χ1) is 24.8. The molecule has 0 aliphatic rings. The summed E-state index contributed by atoms with van der Waals surface area (Å²) in [7, 11) is 0. The van der Waals surface area contributed by atoms with Gasteiger partial charge in [-0.1, -0.05) is 35.9 Å². The molecule has 0 unspecified atom stereocenters. The zero-order chi connectivity index (χ0) is 39.0. The molecular weight excluding hydrogens is 759 g/mol. The molecule has 0 aliphatic heterocycles. The van der Waals surface area contributed by atoms with Crippen LogP contribution in [-0.2, 0) is 12.5 Å². The average molecular weight is 779 g/mol. The maximum Gasteiger partial charge on any atom is 0.573 e. The zero-order valence-electron chi connectivity index (χ0n) is 26.5. The van der Waals surface area contributed by atoms with Crippen molar-refractivity contribution in [3.63, 3.8) is 0 Å². The number of hydrogen-bond acceptors (Lipinski definition) is 2. The van der Waals surface area contributed by atoms with Gasteiger partial charge in [-0.05, 0) is 84.5 Å². The fourth-order valence-corrected chi connectivity index (χ4v) is 5.68. The third kappa shape index (κ3) is 8.56. The van der Waals surface area contributed by atoms with Crippen molar-refractivity contribution in [2.24, 2.45) is 0 Å². The molecule has 53 heavy (non-hydrogen) atoms. The first kappa shape index (κ1) is 39.0. The lowest BCUT2D eigenvalue weighted by atomic mass is 9.98. The van der Waals surface area contributed by atoms with Gasteiger partial charge < -0.3 is 9.47 Å². The lowest BCUT2D eigenvalue weighted by molar-refractivity contribution is -0.276. The van der Waals surface area contributed by atoms with Gasteiger partial charge in [-0.2, -0.15) is 8.78 Å². The maximum atomic E-state index is 15.2. The highest BCUT2D eigenvalue weighted by Gasteiger charge is 2.42. The van der Waals surface area contributed by atoms with Crippen molar-refractivity contribution in [3.8, 4) is 44.9 Å². The minimum atomic E-state index is -5.47. The van der Waals surface area contributed by atoms with E-state index in [1.54, 1.807) is 13.0 Å². The quantitative estimate of drug-likeness (QED) is 0.104. The van der Waals surface area contributed by atoms with Crippen LogP contribution in [0.25, 0.3) is 33.4 Å². The molecule has 0 bridgehead atoms. The summed E-state index contributed by atoms with van der Waals surface area (Å²) in [4.78, 5) is 0. The number of ether oxygens (including phenoxy) is 2. The minimum Gasteiger partial charge on any atom is -0.429 e. The molecule has 5 rings (SSSR count). The van der Waals surface area contributed by atoms with E-state index in [9.17, 15) is 35.1 Å². The van der Waals surface area contributed by atoms with Gasteiger partial charge in [-0.3, -0.25) is 0 Å². The Hall–Kier alpha value is -5.18. The van der Waals surface area contributed by atoms with E-state index in [2.05, 4.69) is 9.47 Å². The molecule has 0 saturated carbocycles. The Bertz CT molecular complexity index is 2140. The Kier molecular flexibility index (Phi) is 11.1. The molecule has 0 spiro atoms. The second-order valence-corrected chi connectivity index (χ2v) is 11.7. The van der Waals surface area contributed by atoms with E-state index < -0.39 is 109 Å². The summed E-state index contributed by atoms with van der Waals surface area (Å²) >= 11 is 6.02. The molecule has 5 aromatic carbocycles. The first-order valence-corrected chi connectivity index (χ1v) is 15.4. The molecule has 0 amide bonds. The van der Waals surface area contributed by atoms with Crippen molar-refractivity contribution in [2.45, 2.75) is 32.2 Å². The zero-order valence-corrected chi connectivity index (χ0v) is 27.3. The predicted molar refractivity (Wildman–Crippen MR) is 168 cm³/mol. The van der Waals surface area contributed by atoms with Gasteiger partial charge in [0.15, 0.2) is 11.6 Å². The fourth-order valence-electron chi connectivity index (χ4n) is 5.37. The van der Waals surface area contributed by atoms with E-state index in [1.807, 2.05) is 6.08 Å². The molecular formula is C37H20ClF13O2. The summed E-state index contributed by atoms with van der Waals surface area (Å²) in [6.07, 6.45) is -5.67. The van der Waals surface area contributed by atoms with Crippen molar-refractivity contribution in [1.82, 2.24) is 0 Å². The summed E-state index contributed by atoms with van der Waals surface area (Å²) in [5, 5.41) is -0.747. The lowest BCUT2D eigenvalue weighted by Gasteiger charge is -2.21. The summed E-state index contributed by atoms with van der Waals surface area (Å²) in [5.74, 6) is -16.4. The summed E-state index contributed by atoms with van der Waals surface area (Å²) in [6.45, 7) is 1.80. The van der Waals surface area contributed by atoms with Gasteiger partial charge in [0.05, 0.1) is 10.6 Å². The van der Waals surface area contributed by atoms with Crippen LogP contribution in [0.5, 0.6) is 11.5 Å². The number of alkyl halides is 5. The van der Waals surface area contributed by atoms with Crippen molar-refractivity contribution >= 4 is 11.6 Å². The van der Waals surface area contributed by atoms with E-state index in [0.717, 1.165) is 6.07 Å². The second kappa shape index (κ2) is 15.0.